The van der Waals surface area contributed by atoms with E-state index in [-0.39, 0.29) is 5.91 Å². The molecule has 106 valence electrons. The number of carbonyl (C=O) groups excluding carboxylic acids is 1. The van der Waals surface area contributed by atoms with Crippen LogP contribution in [0.4, 0.5) is 0 Å². The molecule has 1 fully saturated rings. The maximum Gasteiger partial charge on any atom is 0.234 e. The summed E-state index contributed by atoms with van der Waals surface area (Å²) in [5.41, 5.74) is 0. The lowest BCUT2D eigenvalue weighted by Gasteiger charge is -2.28. The van der Waals surface area contributed by atoms with E-state index in [9.17, 15) is 4.79 Å². The molecule has 0 aliphatic carbocycles. The summed E-state index contributed by atoms with van der Waals surface area (Å²) in [5, 5.41) is 6.39. The maximum absolute atomic E-state index is 11.8. The molecule has 0 radical (unpaired) electrons. The highest BCUT2D eigenvalue weighted by Crippen LogP contribution is 2.18. The fraction of sp³-hybridized carbons (Fsp3) is 0.929. The first-order chi connectivity index (χ1) is 8.67. The monoisotopic (exact) mass is 256 g/mol. The largest absolute Gasteiger partial charge is 0.381 e. The van der Waals surface area contributed by atoms with Crippen molar-refractivity contribution in [2.45, 2.75) is 58.5 Å². The van der Waals surface area contributed by atoms with Crippen molar-refractivity contribution in [2.75, 3.05) is 19.8 Å². The summed E-state index contributed by atoms with van der Waals surface area (Å²) in [4.78, 5) is 11.8. The minimum atomic E-state index is 0.114. The number of amides is 1. The predicted molar refractivity (Wildman–Crippen MR) is 73.5 cm³/mol. The van der Waals surface area contributed by atoms with Gasteiger partial charge in [-0.1, -0.05) is 13.8 Å². The second-order valence-electron chi connectivity index (χ2n) is 5.20. The number of hydrogen-bond acceptors (Lipinski definition) is 3. The molecular weight excluding hydrogens is 228 g/mol. The van der Waals surface area contributed by atoms with Crippen LogP contribution in [0.3, 0.4) is 0 Å². The zero-order valence-corrected chi connectivity index (χ0v) is 12.0. The predicted octanol–water partition coefficient (Wildman–Crippen LogP) is 1.70. The first-order valence-electron chi connectivity index (χ1n) is 7.27. The van der Waals surface area contributed by atoms with Gasteiger partial charge in [0.25, 0.3) is 0 Å². The van der Waals surface area contributed by atoms with Crippen molar-refractivity contribution in [3.63, 3.8) is 0 Å². The molecule has 0 saturated carbocycles. The van der Waals surface area contributed by atoms with E-state index in [1.165, 1.54) is 0 Å². The molecule has 0 aromatic carbocycles. The molecule has 1 atom stereocenters. The lowest BCUT2D eigenvalue weighted by molar-refractivity contribution is -0.121. The molecule has 1 saturated heterocycles. The summed E-state index contributed by atoms with van der Waals surface area (Å²) in [7, 11) is 0. The molecule has 0 spiro atoms. The molecule has 0 aromatic heterocycles. The maximum atomic E-state index is 11.8. The smallest absolute Gasteiger partial charge is 0.234 e. The van der Waals surface area contributed by atoms with Gasteiger partial charge < -0.3 is 15.4 Å². The third-order valence-corrected chi connectivity index (χ3v) is 3.91. The van der Waals surface area contributed by atoms with Crippen LogP contribution in [0.15, 0.2) is 0 Å². The Morgan fingerprint density at radius 1 is 1.28 bits per heavy atom. The van der Waals surface area contributed by atoms with Crippen molar-refractivity contribution >= 4 is 5.91 Å². The van der Waals surface area contributed by atoms with Crippen molar-refractivity contribution in [2.24, 2.45) is 5.92 Å². The van der Waals surface area contributed by atoms with Gasteiger partial charge in [-0.2, -0.15) is 0 Å². The average molecular weight is 256 g/mol. The molecule has 18 heavy (non-hydrogen) atoms. The van der Waals surface area contributed by atoms with Gasteiger partial charge in [0.1, 0.15) is 0 Å². The number of carbonyl (C=O) groups is 1. The van der Waals surface area contributed by atoms with Crippen LogP contribution in [0.25, 0.3) is 0 Å². The van der Waals surface area contributed by atoms with Crippen LogP contribution >= 0.6 is 0 Å². The van der Waals surface area contributed by atoms with Gasteiger partial charge in [-0.05, 0) is 38.5 Å². The zero-order valence-electron chi connectivity index (χ0n) is 12.0. The van der Waals surface area contributed by atoms with Gasteiger partial charge in [-0.25, -0.2) is 0 Å². The van der Waals surface area contributed by atoms with E-state index in [1.54, 1.807) is 0 Å². The number of hydrogen-bond donors (Lipinski definition) is 2. The van der Waals surface area contributed by atoms with E-state index < -0.39 is 0 Å². The van der Waals surface area contributed by atoms with E-state index in [4.69, 9.17) is 4.74 Å². The Kier molecular flexibility index (Phi) is 7.28. The molecule has 4 nitrogen and oxygen atoms in total. The summed E-state index contributed by atoms with van der Waals surface area (Å²) in [5.74, 6) is 0.752. The standard InChI is InChI=1S/C14H28N2O2/c1-4-13(5-2)16-14(17)10-15-11(3)12-6-8-18-9-7-12/h11-13,15H,4-10H2,1-3H3,(H,16,17). The van der Waals surface area contributed by atoms with E-state index in [2.05, 4.69) is 31.4 Å². The second kappa shape index (κ2) is 8.48. The van der Waals surface area contributed by atoms with E-state index in [1.807, 2.05) is 0 Å². The summed E-state index contributed by atoms with van der Waals surface area (Å²) >= 11 is 0. The van der Waals surface area contributed by atoms with Gasteiger partial charge >= 0.3 is 0 Å². The van der Waals surface area contributed by atoms with E-state index in [0.29, 0.717) is 24.5 Å². The summed E-state index contributed by atoms with van der Waals surface area (Å²) in [6.07, 6.45) is 4.19. The SMILES string of the molecule is CCC(CC)NC(=O)CNC(C)C1CCOCC1. The van der Waals surface area contributed by atoms with Crippen molar-refractivity contribution in [1.82, 2.24) is 10.6 Å². The lowest BCUT2D eigenvalue weighted by atomic mass is 9.93. The Balaban J connectivity index is 2.20. The number of nitrogens with one attached hydrogen (secondary N) is 2. The first-order valence-corrected chi connectivity index (χ1v) is 7.27. The highest BCUT2D eigenvalue weighted by atomic mass is 16.5. The van der Waals surface area contributed by atoms with Crippen LogP contribution in [0.1, 0.15) is 46.5 Å². The quantitative estimate of drug-likeness (QED) is 0.729. The Bertz CT molecular complexity index is 236. The highest BCUT2D eigenvalue weighted by molar-refractivity contribution is 5.78. The van der Waals surface area contributed by atoms with Crippen LogP contribution in [-0.2, 0) is 9.53 Å². The molecule has 1 amide bonds. The van der Waals surface area contributed by atoms with Crippen molar-refractivity contribution in [1.29, 1.82) is 0 Å². The third-order valence-electron chi connectivity index (χ3n) is 3.91. The average Bonchev–Trinajstić information content (AvgIpc) is 2.43. The second-order valence-corrected chi connectivity index (χ2v) is 5.20. The van der Waals surface area contributed by atoms with Crippen molar-refractivity contribution in [3.8, 4) is 0 Å². The van der Waals surface area contributed by atoms with Crippen LogP contribution in [0.5, 0.6) is 0 Å². The third kappa shape index (κ3) is 5.36. The van der Waals surface area contributed by atoms with Gasteiger partial charge in [0, 0.05) is 25.3 Å². The minimum Gasteiger partial charge on any atom is -0.381 e. The lowest BCUT2D eigenvalue weighted by Crippen LogP contribution is -2.44. The molecule has 1 aliphatic rings. The van der Waals surface area contributed by atoms with Crippen LogP contribution in [0.2, 0.25) is 0 Å². The van der Waals surface area contributed by atoms with Crippen molar-refractivity contribution < 1.29 is 9.53 Å². The fourth-order valence-electron chi connectivity index (χ4n) is 2.41. The molecule has 0 bridgehead atoms. The van der Waals surface area contributed by atoms with E-state index in [0.717, 1.165) is 38.9 Å². The summed E-state index contributed by atoms with van der Waals surface area (Å²) < 4.78 is 5.35. The number of rotatable bonds is 7. The van der Waals surface area contributed by atoms with Gasteiger partial charge in [0.05, 0.1) is 6.54 Å². The summed E-state index contributed by atoms with van der Waals surface area (Å²) in [6, 6.07) is 0.707. The first kappa shape index (κ1) is 15.4. The highest BCUT2D eigenvalue weighted by Gasteiger charge is 2.20. The van der Waals surface area contributed by atoms with E-state index >= 15 is 0 Å². The normalized spacial score (nSPS) is 18.9. The number of ether oxygens (including phenoxy) is 1. The Morgan fingerprint density at radius 3 is 2.44 bits per heavy atom. The van der Waals surface area contributed by atoms with Crippen molar-refractivity contribution in [3.05, 3.63) is 0 Å². The zero-order chi connectivity index (χ0) is 13.4. The Morgan fingerprint density at radius 2 is 1.89 bits per heavy atom. The van der Waals surface area contributed by atoms with Crippen LogP contribution < -0.4 is 10.6 Å². The van der Waals surface area contributed by atoms with Crippen LogP contribution in [-0.4, -0.2) is 37.7 Å². The molecule has 2 N–H and O–H groups in total. The molecular formula is C14H28N2O2. The molecule has 1 aliphatic heterocycles. The van der Waals surface area contributed by atoms with Gasteiger partial charge in [0.15, 0.2) is 0 Å². The molecule has 4 heteroatoms. The van der Waals surface area contributed by atoms with Gasteiger partial charge in [-0.15, -0.1) is 0 Å². The fourth-order valence-corrected chi connectivity index (χ4v) is 2.41. The molecule has 1 heterocycles. The molecule has 1 unspecified atom stereocenters. The van der Waals surface area contributed by atoms with Gasteiger partial charge in [0.2, 0.25) is 5.91 Å². The minimum absolute atomic E-state index is 0.114. The Labute approximate surface area is 111 Å². The topological polar surface area (TPSA) is 50.4 Å². The Hall–Kier alpha value is -0.610. The van der Waals surface area contributed by atoms with Crippen LogP contribution in [0, 0.1) is 5.92 Å². The van der Waals surface area contributed by atoms with Gasteiger partial charge in [-0.3, -0.25) is 4.79 Å². The molecule has 1 rings (SSSR count). The molecule has 0 aromatic rings. The summed E-state index contributed by atoms with van der Waals surface area (Å²) in [6.45, 7) is 8.52.